The van der Waals surface area contributed by atoms with E-state index in [-0.39, 0.29) is 11.6 Å². The molecule has 0 spiro atoms. The zero-order chi connectivity index (χ0) is 14.0. The van der Waals surface area contributed by atoms with Gasteiger partial charge in [0.1, 0.15) is 0 Å². The summed E-state index contributed by atoms with van der Waals surface area (Å²) in [6.45, 7) is 3.14. The topological polar surface area (TPSA) is 63.5 Å². The molecule has 0 aliphatic carbocycles. The van der Waals surface area contributed by atoms with Crippen molar-refractivity contribution in [3.8, 4) is 0 Å². The average Bonchev–Trinajstić information content (AvgIpc) is 2.38. The maximum Gasteiger partial charge on any atom is 0.270 e. The van der Waals surface area contributed by atoms with Gasteiger partial charge in [-0.1, -0.05) is 15.9 Å². The lowest BCUT2D eigenvalue weighted by Crippen LogP contribution is -2.38. The van der Waals surface area contributed by atoms with Crippen LogP contribution in [-0.4, -0.2) is 33.6 Å². The SMILES string of the molecule is Cc1cc(C(=O)N2CCC(Br)CC2)cc([N+](=O)[O-])c1. The van der Waals surface area contributed by atoms with Crippen molar-refractivity contribution in [1.29, 1.82) is 0 Å². The number of rotatable bonds is 2. The van der Waals surface area contributed by atoms with Crippen LogP contribution in [-0.2, 0) is 0 Å². The van der Waals surface area contributed by atoms with Gasteiger partial charge in [-0.25, -0.2) is 0 Å². The van der Waals surface area contributed by atoms with Gasteiger partial charge in [0, 0.05) is 35.6 Å². The molecular weight excluding hydrogens is 312 g/mol. The van der Waals surface area contributed by atoms with Gasteiger partial charge >= 0.3 is 0 Å². The van der Waals surface area contributed by atoms with E-state index in [0.717, 1.165) is 18.4 Å². The Labute approximate surface area is 119 Å². The van der Waals surface area contributed by atoms with Gasteiger partial charge in [-0.15, -0.1) is 0 Å². The number of benzene rings is 1. The van der Waals surface area contributed by atoms with Crippen LogP contribution in [0.3, 0.4) is 0 Å². The molecule has 6 heteroatoms. The summed E-state index contributed by atoms with van der Waals surface area (Å²) < 4.78 is 0. The van der Waals surface area contributed by atoms with Gasteiger partial charge in [-0.05, 0) is 31.4 Å². The molecule has 1 fully saturated rings. The number of hydrogen-bond donors (Lipinski definition) is 0. The van der Waals surface area contributed by atoms with E-state index in [9.17, 15) is 14.9 Å². The number of likely N-dealkylation sites (tertiary alicyclic amines) is 1. The molecule has 1 amide bonds. The fourth-order valence-corrected chi connectivity index (χ4v) is 2.63. The first-order chi connectivity index (χ1) is 8.97. The van der Waals surface area contributed by atoms with Crippen LogP contribution in [0.2, 0.25) is 0 Å². The summed E-state index contributed by atoms with van der Waals surface area (Å²) in [7, 11) is 0. The highest BCUT2D eigenvalue weighted by Gasteiger charge is 2.23. The third-order valence-corrected chi connectivity index (χ3v) is 4.15. The summed E-state index contributed by atoms with van der Waals surface area (Å²) in [5, 5.41) is 10.8. The number of nitrogens with zero attached hydrogens (tertiary/aromatic N) is 2. The van der Waals surface area contributed by atoms with E-state index in [0.29, 0.717) is 23.5 Å². The maximum atomic E-state index is 12.3. The monoisotopic (exact) mass is 326 g/mol. The number of piperidine rings is 1. The highest BCUT2D eigenvalue weighted by molar-refractivity contribution is 9.09. The third-order valence-electron chi connectivity index (χ3n) is 3.23. The van der Waals surface area contributed by atoms with E-state index >= 15 is 0 Å². The minimum Gasteiger partial charge on any atom is -0.339 e. The quantitative estimate of drug-likeness (QED) is 0.477. The van der Waals surface area contributed by atoms with E-state index < -0.39 is 4.92 Å². The summed E-state index contributed by atoms with van der Waals surface area (Å²) in [5.74, 6) is -0.119. The number of hydrogen-bond acceptors (Lipinski definition) is 3. The number of amides is 1. The molecule has 1 aliphatic rings. The summed E-state index contributed by atoms with van der Waals surface area (Å²) in [5.41, 5.74) is 1.10. The predicted octanol–water partition coefficient (Wildman–Crippen LogP) is 2.90. The van der Waals surface area contributed by atoms with E-state index in [1.54, 1.807) is 17.9 Å². The molecular formula is C13H15BrN2O3. The molecule has 1 aliphatic heterocycles. The van der Waals surface area contributed by atoms with Crippen molar-refractivity contribution in [3.05, 3.63) is 39.4 Å². The van der Waals surface area contributed by atoms with Crippen LogP contribution < -0.4 is 0 Å². The van der Waals surface area contributed by atoms with E-state index in [2.05, 4.69) is 15.9 Å². The largest absolute Gasteiger partial charge is 0.339 e. The van der Waals surface area contributed by atoms with Gasteiger partial charge in [-0.3, -0.25) is 14.9 Å². The number of halogens is 1. The van der Waals surface area contributed by atoms with Gasteiger partial charge < -0.3 is 4.90 Å². The van der Waals surface area contributed by atoms with E-state index in [1.165, 1.54) is 12.1 Å². The van der Waals surface area contributed by atoms with Gasteiger partial charge in [0.25, 0.3) is 11.6 Å². The van der Waals surface area contributed by atoms with Crippen molar-refractivity contribution in [3.63, 3.8) is 0 Å². The Morgan fingerprint density at radius 3 is 2.58 bits per heavy atom. The minimum absolute atomic E-state index is 0.0290. The Bertz CT molecular complexity index is 511. The molecule has 0 atom stereocenters. The van der Waals surface area contributed by atoms with Crippen molar-refractivity contribution < 1.29 is 9.72 Å². The van der Waals surface area contributed by atoms with Crippen LogP contribution in [0.1, 0.15) is 28.8 Å². The second-order valence-corrected chi connectivity index (χ2v) is 6.08. The van der Waals surface area contributed by atoms with Crippen LogP contribution in [0.15, 0.2) is 18.2 Å². The molecule has 0 N–H and O–H groups in total. The van der Waals surface area contributed by atoms with Crippen LogP contribution in [0, 0.1) is 17.0 Å². The maximum absolute atomic E-state index is 12.3. The van der Waals surface area contributed by atoms with Gasteiger partial charge in [0.15, 0.2) is 0 Å². The molecule has 102 valence electrons. The molecule has 0 unspecified atom stereocenters. The predicted molar refractivity (Wildman–Crippen MR) is 75.7 cm³/mol. The second kappa shape index (κ2) is 5.69. The molecule has 19 heavy (non-hydrogen) atoms. The standard InChI is InChI=1S/C13H15BrN2O3/c1-9-6-10(8-12(7-9)16(18)19)13(17)15-4-2-11(14)3-5-15/h6-8,11H,2-5H2,1H3. The minimum atomic E-state index is -0.464. The molecule has 0 bridgehead atoms. The fourth-order valence-electron chi connectivity index (χ4n) is 2.23. The molecule has 1 aromatic rings. The van der Waals surface area contributed by atoms with Crippen LogP contribution in [0.25, 0.3) is 0 Å². The Balaban J connectivity index is 2.21. The number of non-ortho nitro benzene ring substituents is 1. The molecule has 2 rings (SSSR count). The highest BCUT2D eigenvalue weighted by Crippen LogP contribution is 2.22. The molecule has 5 nitrogen and oxygen atoms in total. The van der Waals surface area contributed by atoms with Crippen LogP contribution in [0.5, 0.6) is 0 Å². The Morgan fingerprint density at radius 2 is 2.00 bits per heavy atom. The number of alkyl halides is 1. The molecule has 0 saturated carbocycles. The molecule has 0 radical (unpaired) electrons. The smallest absolute Gasteiger partial charge is 0.270 e. The normalized spacial score (nSPS) is 16.4. The lowest BCUT2D eigenvalue weighted by Gasteiger charge is -2.29. The van der Waals surface area contributed by atoms with Crippen molar-refractivity contribution >= 4 is 27.5 Å². The van der Waals surface area contributed by atoms with Gasteiger partial charge in [0.2, 0.25) is 0 Å². The highest BCUT2D eigenvalue weighted by atomic mass is 79.9. The number of carbonyl (C=O) groups excluding carboxylic acids is 1. The first-order valence-electron chi connectivity index (χ1n) is 6.17. The van der Waals surface area contributed by atoms with E-state index in [1.807, 2.05) is 0 Å². The third kappa shape index (κ3) is 3.32. The zero-order valence-corrected chi connectivity index (χ0v) is 12.2. The number of aryl methyl sites for hydroxylation is 1. The van der Waals surface area contributed by atoms with Crippen molar-refractivity contribution in [2.75, 3.05) is 13.1 Å². The Kier molecular flexibility index (Phi) is 4.19. The summed E-state index contributed by atoms with van der Waals surface area (Å²) in [6.07, 6.45) is 1.83. The number of carbonyl (C=O) groups is 1. The zero-order valence-electron chi connectivity index (χ0n) is 10.6. The average molecular weight is 327 g/mol. The first kappa shape index (κ1) is 14.0. The number of nitro benzene ring substituents is 1. The van der Waals surface area contributed by atoms with Crippen molar-refractivity contribution in [2.24, 2.45) is 0 Å². The Morgan fingerprint density at radius 1 is 1.37 bits per heavy atom. The lowest BCUT2D eigenvalue weighted by molar-refractivity contribution is -0.384. The molecule has 1 aromatic carbocycles. The van der Waals surface area contributed by atoms with Crippen molar-refractivity contribution in [2.45, 2.75) is 24.6 Å². The molecule has 1 saturated heterocycles. The second-order valence-electron chi connectivity index (χ2n) is 4.78. The van der Waals surface area contributed by atoms with Gasteiger partial charge in [-0.2, -0.15) is 0 Å². The molecule has 0 aromatic heterocycles. The van der Waals surface area contributed by atoms with Crippen molar-refractivity contribution in [1.82, 2.24) is 4.90 Å². The Hall–Kier alpha value is -1.43. The summed E-state index contributed by atoms with van der Waals surface area (Å²) in [4.78, 5) is 24.9. The van der Waals surface area contributed by atoms with E-state index in [4.69, 9.17) is 0 Å². The van der Waals surface area contributed by atoms with Crippen LogP contribution in [0.4, 0.5) is 5.69 Å². The number of nitro groups is 1. The molecule has 1 heterocycles. The van der Waals surface area contributed by atoms with Gasteiger partial charge in [0.05, 0.1) is 4.92 Å². The van der Waals surface area contributed by atoms with Crippen LogP contribution >= 0.6 is 15.9 Å². The summed E-state index contributed by atoms with van der Waals surface area (Å²) in [6, 6.07) is 4.53. The fraction of sp³-hybridized carbons (Fsp3) is 0.462. The first-order valence-corrected chi connectivity index (χ1v) is 7.08. The lowest BCUT2D eigenvalue weighted by atomic mass is 10.1. The summed E-state index contributed by atoms with van der Waals surface area (Å²) >= 11 is 3.54.